The van der Waals surface area contributed by atoms with Crippen LogP contribution in [0.4, 0.5) is 0 Å². The minimum atomic E-state index is 0.119. The molecule has 0 unspecified atom stereocenters. The fourth-order valence-electron chi connectivity index (χ4n) is 3.11. The van der Waals surface area contributed by atoms with Gasteiger partial charge >= 0.3 is 0 Å². The summed E-state index contributed by atoms with van der Waals surface area (Å²) in [5, 5.41) is 10.4. The number of nitrogens with zero attached hydrogens (tertiary/aromatic N) is 1. The molecule has 6 nitrogen and oxygen atoms in total. The number of H-pyrrole nitrogens is 1. The van der Waals surface area contributed by atoms with Gasteiger partial charge in [0, 0.05) is 42.9 Å². The van der Waals surface area contributed by atoms with Crippen molar-refractivity contribution in [3.8, 4) is 11.5 Å². The van der Waals surface area contributed by atoms with Gasteiger partial charge in [-0.1, -0.05) is 12.1 Å². The second-order valence-corrected chi connectivity index (χ2v) is 5.66. The second-order valence-electron chi connectivity index (χ2n) is 5.66. The molecular weight excluding hydrogens is 294 g/mol. The van der Waals surface area contributed by atoms with E-state index < -0.39 is 0 Å². The Morgan fingerprint density at radius 1 is 1.35 bits per heavy atom. The summed E-state index contributed by atoms with van der Waals surface area (Å²) in [5.41, 5.74) is 2.21. The molecule has 1 aliphatic heterocycles. The van der Waals surface area contributed by atoms with E-state index in [0.29, 0.717) is 5.92 Å². The lowest BCUT2D eigenvalue weighted by Gasteiger charge is -2.18. The second kappa shape index (κ2) is 7.48. The third-order valence-corrected chi connectivity index (χ3v) is 4.27. The van der Waals surface area contributed by atoms with Crippen LogP contribution in [0.1, 0.15) is 23.7 Å². The van der Waals surface area contributed by atoms with Crippen LogP contribution >= 0.6 is 0 Å². The van der Waals surface area contributed by atoms with Crippen LogP contribution in [0, 0.1) is 5.92 Å². The predicted molar refractivity (Wildman–Crippen MR) is 86.6 cm³/mol. The van der Waals surface area contributed by atoms with Crippen LogP contribution in [-0.4, -0.2) is 37.6 Å². The number of hydrogen-bond acceptors (Lipinski definition) is 5. The Morgan fingerprint density at radius 3 is 3.00 bits per heavy atom. The molecule has 0 bridgehead atoms. The van der Waals surface area contributed by atoms with E-state index in [9.17, 15) is 0 Å². The molecule has 1 aromatic heterocycles. The summed E-state index contributed by atoms with van der Waals surface area (Å²) < 4.78 is 16.7. The largest absolute Gasteiger partial charge is 0.493 e. The Bertz CT molecular complexity index is 616. The number of nitrogens with one attached hydrogen (secondary N) is 2. The number of ether oxygens (including phenoxy) is 3. The van der Waals surface area contributed by atoms with E-state index in [1.807, 2.05) is 30.6 Å². The lowest BCUT2D eigenvalue weighted by Crippen LogP contribution is -2.24. The normalized spacial score (nSPS) is 20.6. The maximum absolute atomic E-state index is 5.85. The number of benzene rings is 1. The first kappa shape index (κ1) is 15.8. The van der Waals surface area contributed by atoms with Crippen LogP contribution in [0.5, 0.6) is 11.5 Å². The van der Waals surface area contributed by atoms with Crippen molar-refractivity contribution in [3.63, 3.8) is 0 Å². The first-order chi connectivity index (χ1) is 11.3. The lowest BCUT2D eigenvalue weighted by molar-refractivity contribution is 0.0904. The summed E-state index contributed by atoms with van der Waals surface area (Å²) in [6, 6.07) is 5.93. The van der Waals surface area contributed by atoms with Gasteiger partial charge in [0.15, 0.2) is 11.5 Å². The number of methoxy groups -OCH3 is 2. The molecule has 0 radical (unpaired) electrons. The van der Waals surface area contributed by atoms with Crippen LogP contribution in [-0.2, 0) is 11.3 Å². The number of para-hydroxylation sites is 1. The zero-order valence-electron chi connectivity index (χ0n) is 13.5. The highest BCUT2D eigenvalue weighted by atomic mass is 16.5. The molecule has 1 aromatic carbocycles. The standard InChI is InChI=1S/C17H23N3O3/c1-21-15-5-3-4-12(17(15)22-2)8-18-9-13-6-7-23-16(13)14-10-19-20-11-14/h3-5,10-11,13,16,18H,6-9H2,1-2H3,(H,19,20)/t13-,16+/m1/s1. The predicted octanol–water partition coefficient (Wildman–Crippen LogP) is 2.29. The van der Waals surface area contributed by atoms with Crippen molar-refractivity contribution in [2.75, 3.05) is 27.4 Å². The minimum absolute atomic E-state index is 0.119. The molecule has 2 N–H and O–H groups in total. The molecule has 1 saturated heterocycles. The molecule has 2 atom stereocenters. The quantitative estimate of drug-likeness (QED) is 0.820. The summed E-state index contributed by atoms with van der Waals surface area (Å²) in [7, 11) is 3.32. The number of rotatable bonds is 7. The number of aromatic nitrogens is 2. The van der Waals surface area contributed by atoms with Crippen LogP contribution in [0.2, 0.25) is 0 Å². The molecule has 1 fully saturated rings. The van der Waals surface area contributed by atoms with Gasteiger partial charge in [0.25, 0.3) is 0 Å². The van der Waals surface area contributed by atoms with Gasteiger partial charge in [-0.05, 0) is 12.5 Å². The highest BCUT2D eigenvalue weighted by Gasteiger charge is 2.29. The van der Waals surface area contributed by atoms with Gasteiger partial charge in [-0.15, -0.1) is 0 Å². The Labute approximate surface area is 136 Å². The van der Waals surface area contributed by atoms with E-state index in [0.717, 1.165) is 48.7 Å². The highest BCUT2D eigenvalue weighted by molar-refractivity contribution is 5.46. The Morgan fingerprint density at radius 2 is 2.26 bits per heavy atom. The highest BCUT2D eigenvalue weighted by Crippen LogP contribution is 2.34. The van der Waals surface area contributed by atoms with Crippen LogP contribution in [0.15, 0.2) is 30.6 Å². The van der Waals surface area contributed by atoms with E-state index in [1.54, 1.807) is 14.2 Å². The zero-order chi connectivity index (χ0) is 16.1. The van der Waals surface area contributed by atoms with E-state index in [2.05, 4.69) is 15.5 Å². The molecule has 2 heterocycles. The van der Waals surface area contributed by atoms with Crippen molar-refractivity contribution in [1.82, 2.24) is 15.5 Å². The van der Waals surface area contributed by atoms with Crippen LogP contribution in [0.25, 0.3) is 0 Å². The first-order valence-corrected chi connectivity index (χ1v) is 7.84. The molecule has 1 aliphatic rings. The smallest absolute Gasteiger partial charge is 0.165 e. The average Bonchev–Trinajstić information content (AvgIpc) is 3.25. The number of hydrogen-bond donors (Lipinski definition) is 2. The van der Waals surface area contributed by atoms with Crippen LogP contribution < -0.4 is 14.8 Å². The van der Waals surface area contributed by atoms with Gasteiger partial charge in [-0.2, -0.15) is 5.10 Å². The molecule has 0 amide bonds. The van der Waals surface area contributed by atoms with Crippen molar-refractivity contribution in [1.29, 1.82) is 0 Å². The van der Waals surface area contributed by atoms with Crippen LogP contribution in [0.3, 0.4) is 0 Å². The minimum Gasteiger partial charge on any atom is -0.493 e. The lowest BCUT2D eigenvalue weighted by atomic mass is 9.97. The molecule has 124 valence electrons. The molecule has 6 heteroatoms. The van der Waals surface area contributed by atoms with E-state index in [1.165, 1.54) is 0 Å². The SMILES string of the molecule is COc1cccc(CNC[C@H]2CCO[C@@H]2c2cn[nH]c2)c1OC. The maximum Gasteiger partial charge on any atom is 0.165 e. The third kappa shape index (κ3) is 3.48. The molecule has 0 aliphatic carbocycles. The van der Waals surface area contributed by atoms with Gasteiger partial charge in [0.1, 0.15) is 0 Å². The summed E-state index contributed by atoms with van der Waals surface area (Å²) in [4.78, 5) is 0. The fraction of sp³-hybridized carbons (Fsp3) is 0.471. The van der Waals surface area contributed by atoms with Crippen molar-refractivity contribution in [3.05, 3.63) is 41.7 Å². The molecule has 2 aromatic rings. The van der Waals surface area contributed by atoms with Gasteiger partial charge in [-0.25, -0.2) is 0 Å². The van der Waals surface area contributed by atoms with Crippen molar-refractivity contribution in [2.45, 2.75) is 19.1 Å². The summed E-state index contributed by atoms with van der Waals surface area (Å²) in [6.45, 7) is 2.41. The molecule has 23 heavy (non-hydrogen) atoms. The van der Waals surface area contributed by atoms with Gasteiger partial charge < -0.3 is 19.5 Å². The summed E-state index contributed by atoms with van der Waals surface area (Å²) in [6.07, 6.45) is 4.92. The van der Waals surface area contributed by atoms with Crippen molar-refractivity contribution in [2.24, 2.45) is 5.92 Å². The Balaban J connectivity index is 1.59. The zero-order valence-corrected chi connectivity index (χ0v) is 13.5. The van der Waals surface area contributed by atoms with E-state index >= 15 is 0 Å². The van der Waals surface area contributed by atoms with Gasteiger partial charge in [0.05, 0.1) is 26.5 Å². The monoisotopic (exact) mass is 317 g/mol. The van der Waals surface area contributed by atoms with Crippen molar-refractivity contribution >= 4 is 0 Å². The fourth-order valence-corrected chi connectivity index (χ4v) is 3.11. The average molecular weight is 317 g/mol. The molecule has 0 spiro atoms. The molecule has 0 saturated carbocycles. The summed E-state index contributed by atoms with van der Waals surface area (Å²) >= 11 is 0. The molecule has 3 rings (SSSR count). The first-order valence-electron chi connectivity index (χ1n) is 7.84. The number of aromatic amines is 1. The maximum atomic E-state index is 5.85. The van der Waals surface area contributed by atoms with Crippen molar-refractivity contribution < 1.29 is 14.2 Å². The topological polar surface area (TPSA) is 68.4 Å². The Hall–Kier alpha value is -2.05. The van der Waals surface area contributed by atoms with E-state index in [-0.39, 0.29) is 6.10 Å². The van der Waals surface area contributed by atoms with E-state index in [4.69, 9.17) is 14.2 Å². The third-order valence-electron chi connectivity index (χ3n) is 4.27. The van der Waals surface area contributed by atoms with Gasteiger partial charge in [0.2, 0.25) is 0 Å². The Kier molecular flexibility index (Phi) is 5.15. The summed E-state index contributed by atoms with van der Waals surface area (Å²) in [5.74, 6) is 1.99. The molecular formula is C17H23N3O3. The van der Waals surface area contributed by atoms with Gasteiger partial charge in [-0.3, -0.25) is 5.10 Å².